The molecule has 0 unspecified atom stereocenters. The van der Waals surface area contributed by atoms with Crippen molar-refractivity contribution in [2.45, 2.75) is 11.4 Å². The van der Waals surface area contributed by atoms with Crippen molar-refractivity contribution >= 4 is 21.6 Å². The Hall–Kier alpha value is -2.86. The first-order valence-electron chi connectivity index (χ1n) is 9.61. The number of rotatable bonds is 7. The molecule has 158 valence electrons. The molecule has 1 saturated heterocycles. The number of carbonyl (C=O) groups is 1. The van der Waals surface area contributed by atoms with Gasteiger partial charge in [-0.05, 0) is 29.8 Å². The molecule has 3 rings (SSSR count). The number of sulfonamides is 1. The Morgan fingerprint density at radius 1 is 1.20 bits per heavy atom. The van der Waals surface area contributed by atoms with Crippen molar-refractivity contribution in [1.82, 2.24) is 9.62 Å². The van der Waals surface area contributed by atoms with Crippen LogP contribution in [-0.4, -0.2) is 59.1 Å². The smallest absolute Gasteiger partial charge is 0.253 e. The number of ether oxygens (including phenoxy) is 1. The second-order valence-electron chi connectivity index (χ2n) is 6.95. The van der Waals surface area contributed by atoms with Crippen molar-refractivity contribution in [1.29, 1.82) is 0 Å². The van der Waals surface area contributed by atoms with Crippen molar-refractivity contribution in [3.05, 3.63) is 59.7 Å². The quantitative estimate of drug-likeness (QED) is 0.681. The highest BCUT2D eigenvalue weighted by Crippen LogP contribution is 2.23. The lowest BCUT2D eigenvalue weighted by Gasteiger charge is -2.31. The van der Waals surface area contributed by atoms with Crippen LogP contribution in [0.25, 0.3) is 0 Å². The summed E-state index contributed by atoms with van der Waals surface area (Å²) in [5.74, 6) is 1.97. The fourth-order valence-electron chi connectivity index (χ4n) is 3.32. The van der Waals surface area contributed by atoms with Gasteiger partial charge >= 0.3 is 0 Å². The minimum atomic E-state index is -3.77. The Labute approximate surface area is 177 Å². The second kappa shape index (κ2) is 9.76. The van der Waals surface area contributed by atoms with Gasteiger partial charge in [-0.3, -0.25) is 4.79 Å². The van der Waals surface area contributed by atoms with Crippen LogP contribution >= 0.6 is 0 Å². The molecule has 0 aliphatic carbocycles. The average molecular weight is 428 g/mol. The predicted octanol–water partition coefficient (Wildman–Crippen LogP) is 1.71. The molecule has 7 nitrogen and oxygen atoms in total. The first-order chi connectivity index (χ1) is 14.4. The van der Waals surface area contributed by atoms with E-state index >= 15 is 0 Å². The maximum atomic E-state index is 13.0. The highest BCUT2D eigenvalue weighted by molar-refractivity contribution is 7.89. The Bertz CT molecular complexity index is 1040. The summed E-state index contributed by atoms with van der Waals surface area (Å²) in [6, 6.07) is 13.9. The first kappa shape index (κ1) is 21.8. The topological polar surface area (TPSA) is 79.0 Å². The van der Waals surface area contributed by atoms with Gasteiger partial charge in [0.15, 0.2) is 0 Å². The van der Waals surface area contributed by atoms with E-state index in [0.29, 0.717) is 25.3 Å². The molecule has 0 saturated carbocycles. The average Bonchev–Trinajstić information content (AvgIpc) is 2.78. The summed E-state index contributed by atoms with van der Waals surface area (Å²) in [6.45, 7) is 3.26. The summed E-state index contributed by atoms with van der Waals surface area (Å²) < 4.78 is 32.3. The van der Waals surface area contributed by atoms with E-state index in [1.54, 1.807) is 24.1 Å². The van der Waals surface area contributed by atoms with Crippen LogP contribution in [0.4, 0.5) is 5.69 Å². The van der Waals surface area contributed by atoms with Gasteiger partial charge in [0.2, 0.25) is 10.0 Å². The zero-order valence-corrected chi connectivity index (χ0v) is 17.7. The van der Waals surface area contributed by atoms with Crippen LogP contribution in [0.3, 0.4) is 0 Å². The fourth-order valence-corrected chi connectivity index (χ4v) is 4.30. The third kappa shape index (κ3) is 5.19. The molecule has 0 aromatic heterocycles. The summed E-state index contributed by atoms with van der Waals surface area (Å²) in [6.07, 6.45) is 5.12. The molecule has 0 radical (unpaired) electrons. The van der Waals surface area contributed by atoms with E-state index in [0.717, 1.165) is 24.3 Å². The number of carbonyl (C=O) groups excluding carboxylic acids is 1. The third-order valence-corrected chi connectivity index (χ3v) is 6.25. The van der Waals surface area contributed by atoms with Gasteiger partial charge in [-0.15, -0.1) is 6.42 Å². The van der Waals surface area contributed by atoms with Crippen LogP contribution in [0, 0.1) is 12.3 Å². The monoisotopic (exact) mass is 427 g/mol. The largest absolute Gasteiger partial charge is 0.378 e. The standard InChI is InChI=1S/C22H25N3O4S/c1-3-11-23-30(27,28)20-9-6-8-18(16-20)22(26)24(2)17-19-7-4-5-10-21(19)25-12-14-29-15-13-25/h1,4-10,16,23H,11-15,17H2,2H3. The summed E-state index contributed by atoms with van der Waals surface area (Å²) in [7, 11) is -2.06. The molecule has 0 atom stereocenters. The molecule has 1 heterocycles. The van der Waals surface area contributed by atoms with E-state index in [-0.39, 0.29) is 17.3 Å². The van der Waals surface area contributed by atoms with Crippen molar-refractivity contribution in [3.8, 4) is 12.3 Å². The second-order valence-corrected chi connectivity index (χ2v) is 8.71. The van der Waals surface area contributed by atoms with E-state index in [2.05, 4.69) is 15.5 Å². The summed E-state index contributed by atoms with van der Waals surface area (Å²) in [4.78, 5) is 16.8. The van der Waals surface area contributed by atoms with E-state index in [9.17, 15) is 13.2 Å². The van der Waals surface area contributed by atoms with Crippen molar-refractivity contribution in [2.75, 3.05) is 44.8 Å². The SMILES string of the molecule is C#CCNS(=O)(=O)c1cccc(C(=O)N(C)Cc2ccccc2N2CCOCC2)c1. The number of nitrogens with zero attached hydrogens (tertiary/aromatic N) is 2. The van der Waals surface area contributed by atoms with Crippen molar-refractivity contribution < 1.29 is 17.9 Å². The lowest BCUT2D eigenvalue weighted by atomic mass is 10.1. The molecule has 2 aromatic carbocycles. The fraction of sp³-hybridized carbons (Fsp3) is 0.318. The van der Waals surface area contributed by atoms with Gasteiger partial charge in [0.25, 0.3) is 5.91 Å². The molecular formula is C22H25N3O4S. The maximum Gasteiger partial charge on any atom is 0.253 e. The van der Waals surface area contributed by atoms with Gasteiger partial charge < -0.3 is 14.5 Å². The minimum absolute atomic E-state index is 0.00529. The lowest BCUT2D eigenvalue weighted by Crippen LogP contribution is -2.37. The Morgan fingerprint density at radius 2 is 1.93 bits per heavy atom. The Morgan fingerprint density at radius 3 is 2.67 bits per heavy atom. The van der Waals surface area contributed by atoms with E-state index in [4.69, 9.17) is 11.2 Å². The maximum absolute atomic E-state index is 13.0. The Balaban J connectivity index is 1.77. The Kier molecular flexibility index (Phi) is 7.11. The number of amides is 1. The van der Waals surface area contributed by atoms with Crippen LogP contribution in [0.2, 0.25) is 0 Å². The van der Waals surface area contributed by atoms with Crippen LogP contribution in [0.15, 0.2) is 53.4 Å². The van der Waals surface area contributed by atoms with E-state index in [1.165, 1.54) is 12.1 Å². The molecule has 8 heteroatoms. The van der Waals surface area contributed by atoms with Crippen molar-refractivity contribution in [3.63, 3.8) is 0 Å². The molecule has 1 aliphatic rings. The third-order valence-electron chi connectivity index (χ3n) is 4.85. The van der Waals surface area contributed by atoms with Crippen molar-refractivity contribution in [2.24, 2.45) is 0 Å². The van der Waals surface area contributed by atoms with E-state index < -0.39 is 10.0 Å². The molecule has 30 heavy (non-hydrogen) atoms. The number of hydrogen-bond acceptors (Lipinski definition) is 5. The summed E-state index contributed by atoms with van der Waals surface area (Å²) in [5, 5.41) is 0. The molecule has 1 N–H and O–H groups in total. The van der Waals surface area contributed by atoms with Gasteiger partial charge in [-0.1, -0.05) is 30.2 Å². The zero-order chi connectivity index (χ0) is 21.6. The number of hydrogen-bond donors (Lipinski definition) is 1. The molecule has 0 spiro atoms. The molecule has 1 fully saturated rings. The number of morpholine rings is 1. The van der Waals surface area contributed by atoms with Crippen LogP contribution in [0.1, 0.15) is 15.9 Å². The van der Waals surface area contributed by atoms with Gasteiger partial charge in [-0.2, -0.15) is 4.72 Å². The van der Waals surface area contributed by atoms with E-state index in [1.807, 2.05) is 24.3 Å². The normalized spacial score (nSPS) is 14.2. The van der Waals surface area contributed by atoms with Gasteiger partial charge in [-0.25, -0.2) is 8.42 Å². The van der Waals surface area contributed by atoms with Crippen LogP contribution in [0.5, 0.6) is 0 Å². The number of para-hydroxylation sites is 1. The minimum Gasteiger partial charge on any atom is -0.378 e. The first-order valence-corrected chi connectivity index (χ1v) is 11.1. The molecule has 2 aromatic rings. The van der Waals surface area contributed by atoms with Gasteiger partial charge in [0, 0.05) is 37.9 Å². The summed E-state index contributed by atoms with van der Waals surface area (Å²) >= 11 is 0. The lowest BCUT2D eigenvalue weighted by molar-refractivity contribution is 0.0784. The van der Waals surface area contributed by atoms with Gasteiger partial charge in [0.1, 0.15) is 0 Å². The van der Waals surface area contributed by atoms with Crippen LogP contribution in [-0.2, 0) is 21.3 Å². The number of nitrogens with one attached hydrogen (secondary N) is 1. The molecule has 0 bridgehead atoms. The number of benzene rings is 2. The van der Waals surface area contributed by atoms with Crippen LogP contribution < -0.4 is 9.62 Å². The predicted molar refractivity (Wildman–Crippen MR) is 116 cm³/mol. The van der Waals surface area contributed by atoms with Gasteiger partial charge in [0.05, 0.1) is 24.7 Å². The highest BCUT2D eigenvalue weighted by Gasteiger charge is 2.20. The molecule has 1 amide bonds. The zero-order valence-electron chi connectivity index (χ0n) is 16.9. The molecular weight excluding hydrogens is 402 g/mol. The number of terminal acetylenes is 1. The molecule has 1 aliphatic heterocycles. The summed E-state index contributed by atoms with van der Waals surface area (Å²) in [5.41, 5.74) is 2.40. The highest BCUT2D eigenvalue weighted by atomic mass is 32.2. The number of anilines is 1.